The summed E-state index contributed by atoms with van der Waals surface area (Å²) in [7, 11) is -1.46. The van der Waals surface area contributed by atoms with Crippen LogP contribution >= 0.6 is 0 Å². The van der Waals surface area contributed by atoms with Gasteiger partial charge in [-0.1, -0.05) is 18.2 Å². The second kappa shape index (κ2) is 11.8. The molecule has 0 spiro atoms. The molecule has 0 unspecified atom stereocenters. The molecule has 1 aliphatic rings. The van der Waals surface area contributed by atoms with Crippen molar-refractivity contribution in [1.29, 1.82) is 0 Å². The lowest BCUT2D eigenvalue weighted by Gasteiger charge is -2.34. The number of anilines is 2. The van der Waals surface area contributed by atoms with Crippen molar-refractivity contribution in [3.8, 4) is 16.9 Å². The largest absolute Gasteiger partial charge is 0.497 e. The van der Waals surface area contributed by atoms with Gasteiger partial charge in [0.25, 0.3) is 10.0 Å². The van der Waals surface area contributed by atoms with Crippen molar-refractivity contribution >= 4 is 27.4 Å². The predicted molar refractivity (Wildman–Crippen MR) is 147 cm³/mol. The number of rotatable bonds is 8. The zero-order chi connectivity index (χ0) is 29.1. The molecule has 11 heteroatoms. The van der Waals surface area contributed by atoms with Gasteiger partial charge in [0, 0.05) is 19.5 Å². The maximum atomic E-state index is 13.4. The molecular weight excluding hydrogens is 545 g/mol. The van der Waals surface area contributed by atoms with Gasteiger partial charge in [-0.15, -0.1) is 0 Å². The quantitative estimate of drug-likeness (QED) is 0.318. The summed E-state index contributed by atoms with van der Waals surface area (Å²) in [6.07, 6.45) is -2.97. The van der Waals surface area contributed by atoms with Gasteiger partial charge in [0.05, 0.1) is 36.1 Å². The predicted octanol–water partition coefficient (Wildman–Crippen LogP) is 6.27. The number of methoxy groups -OCH3 is 2. The molecule has 0 atom stereocenters. The third-order valence-corrected chi connectivity index (χ3v) is 8.33. The second-order valence-electron chi connectivity index (χ2n) is 9.81. The first-order valence-electron chi connectivity index (χ1n) is 12.7. The van der Waals surface area contributed by atoms with Gasteiger partial charge in [-0.25, -0.2) is 8.42 Å². The Hall–Kier alpha value is -3.73. The molecule has 40 heavy (non-hydrogen) atoms. The SMILES string of the molecule is COC(=O)CC1CCN(c2ccc(-c3cc(C)cc(OC)c3)cc2NS(=O)(=O)c2cccc(C(F)(F)F)c2)CC1. The van der Waals surface area contributed by atoms with Crippen molar-refractivity contribution in [3.63, 3.8) is 0 Å². The first-order chi connectivity index (χ1) is 18.9. The highest BCUT2D eigenvalue weighted by Gasteiger charge is 2.32. The molecule has 1 aliphatic heterocycles. The van der Waals surface area contributed by atoms with Crippen LogP contribution in [-0.2, 0) is 25.7 Å². The minimum atomic E-state index is -4.69. The Morgan fingerprint density at radius 1 is 1.00 bits per heavy atom. The van der Waals surface area contributed by atoms with E-state index >= 15 is 0 Å². The molecular formula is C29H31F3N2O5S. The minimum absolute atomic E-state index is 0.146. The number of piperidine rings is 1. The van der Waals surface area contributed by atoms with Gasteiger partial charge in [0.15, 0.2) is 0 Å². The third-order valence-electron chi connectivity index (χ3n) is 6.97. The summed E-state index contributed by atoms with van der Waals surface area (Å²) >= 11 is 0. The van der Waals surface area contributed by atoms with Gasteiger partial charge in [-0.2, -0.15) is 13.2 Å². The van der Waals surface area contributed by atoms with Crippen LogP contribution in [0.2, 0.25) is 0 Å². The summed E-state index contributed by atoms with van der Waals surface area (Å²) in [5.74, 6) is 0.511. The fourth-order valence-corrected chi connectivity index (χ4v) is 5.96. The van der Waals surface area contributed by atoms with Crippen LogP contribution in [0.25, 0.3) is 11.1 Å². The summed E-state index contributed by atoms with van der Waals surface area (Å²) < 4.78 is 79.3. The molecule has 3 aromatic rings. The van der Waals surface area contributed by atoms with Crippen molar-refractivity contribution < 1.29 is 35.9 Å². The first kappa shape index (κ1) is 29.3. The Bertz CT molecular complexity index is 1480. The summed E-state index contributed by atoms with van der Waals surface area (Å²) in [4.78, 5) is 13.2. The van der Waals surface area contributed by atoms with E-state index in [0.717, 1.165) is 29.3 Å². The lowest BCUT2D eigenvalue weighted by molar-refractivity contribution is -0.142. The smallest absolute Gasteiger partial charge is 0.416 e. The van der Waals surface area contributed by atoms with Gasteiger partial charge < -0.3 is 14.4 Å². The number of nitrogens with one attached hydrogen (secondary N) is 1. The highest BCUT2D eigenvalue weighted by Crippen LogP contribution is 2.37. The van der Waals surface area contributed by atoms with Gasteiger partial charge in [-0.05, 0) is 84.8 Å². The fraction of sp³-hybridized carbons (Fsp3) is 0.345. The number of esters is 1. The van der Waals surface area contributed by atoms with Crippen molar-refractivity contribution in [1.82, 2.24) is 0 Å². The normalized spacial score (nSPS) is 14.6. The second-order valence-corrected chi connectivity index (χ2v) is 11.5. The molecule has 0 aliphatic carbocycles. The number of benzene rings is 3. The molecule has 1 saturated heterocycles. The van der Waals surface area contributed by atoms with Crippen LogP contribution in [0.4, 0.5) is 24.5 Å². The topological polar surface area (TPSA) is 84.9 Å². The molecule has 1 N–H and O–H groups in total. The first-order valence-corrected chi connectivity index (χ1v) is 14.2. The number of ether oxygens (including phenoxy) is 2. The number of nitrogens with zero attached hydrogens (tertiary/aromatic N) is 1. The summed E-state index contributed by atoms with van der Waals surface area (Å²) in [5.41, 5.74) is 2.21. The fourth-order valence-electron chi connectivity index (χ4n) is 4.85. The van der Waals surface area contributed by atoms with E-state index in [1.807, 2.05) is 36.1 Å². The number of sulfonamides is 1. The molecule has 7 nitrogen and oxygen atoms in total. The van der Waals surface area contributed by atoms with E-state index in [0.29, 0.717) is 55.4 Å². The Labute approximate surface area is 232 Å². The van der Waals surface area contributed by atoms with Gasteiger partial charge in [0.1, 0.15) is 5.75 Å². The Morgan fingerprint density at radius 2 is 1.73 bits per heavy atom. The Balaban J connectivity index is 1.71. The van der Waals surface area contributed by atoms with Crippen LogP contribution in [0.3, 0.4) is 0 Å². The van der Waals surface area contributed by atoms with Crippen molar-refractivity contribution in [2.75, 3.05) is 36.9 Å². The van der Waals surface area contributed by atoms with Gasteiger partial charge in [-0.3, -0.25) is 9.52 Å². The van der Waals surface area contributed by atoms with Crippen LogP contribution in [0, 0.1) is 12.8 Å². The van der Waals surface area contributed by atoms with E-state index in [2.05, 4.69) is 4.72 Å². The highest BCUT2D eigenvalue weighted by atomic mass is 32.2. The molecule has 4 rings (SSSR count). The maximum absolute atomic E-state index is 13.4. The number of carbonyl (C=O) groups is 1. The van der Waals surface area contributed by atoms with Crippen LogP contribution in [-0.4, -0.2) is 41.7 Å². The Morgan fingerprint density at radius 3 is 2.38 bits per heavy atom. The highest BCUT2D eigenvalue weighted by molar-refractivity contribution is 7.92. The summed E-state index contributed by atoms with van der Waals surface area (Å²) in [5, 5.41) is 0. The van der Waals surface area contributed by atoms with Gasteiger partial charge >= 0.3 is 12.1 Å². The number of hydrogen-bond donors (Lipinski definition) is 1. The van der Waals surface area contributed by atoms with E-state index in [1.54, 1.807) is 19.2 Å². The molecule has 1 fully saturated rings. The van der Waals surface area contributed by atoms with Crippen molar-refractivity contribution in [2.45, 2.75) is 37.3 Å². The minimum Gasteiger partial charge on any atom is -0.497 e. The average molecular weight is 577 g/mol. The lowest BCUT2D eigenvalue weighted by Crippen LogP contribution is -2.35. The van der Waals surface area contributed by atoms with E-state index in [-0.39, 0.29) is 17.6 Å². The maximum Gasteiger partial charge on any atom is 0.416 e. The summed E-state index contributed by atoms with van der Waals surface area (Å²) in [6, 6.07) is 14.6. The molecule has 0 aromatic heterocycles. The lowest BCUT2D eigenvalue weighted by atomic mass is 9.93. The van der Waals surface area contributed by atoms with E-state index < -0.39 is 26.7 Å². The zero-order valence-electron chi connectivity index (χ0n) is 22.4. The van der Waals surface area contributed by atoms with E-state index in [4.69, 9.17) is 9.47 Å². The number of carbonyl (C=O) groups excluding carboxylic acids is 1. The third kappa shape index (κ3) is 6.88. The molecule has 214 valence electrons. The van der Waals surface area contributed by atoms with Crippen molar-refractivity contribution in [2.24, 2.45) is 5.92 Å². The molecule has 0 bridgehead atoms. The summed E-state index contributed by atoms with van der Waals surface area (Å²) in [6.45, 7) is 3.05. The van der Waals surface area contributed by atoms with Gasteiger partial charge in [0.2, 0.25) is 0 Å². The van der Waals surface area contributed by atoms with Crippen molar-refractivity contribution in [3.05, 3.63) is 71.8 Å². The average Bonchev–Trinajstić information content (AvgIpc) is 2.92. The van der Waals surface area contributed by atoms with Crippen LogP contribution < -0.4 is 14.4 Å². The number of halogens is 3. The monoisotopic (exact) mass is 576 g/mol. The molecule has 1 heterocycles. The van der Waals surface area contributed by atoms with E-state index in [1.165, 1.54) is 7.11 Å². The van der Waals surface area contributed by atoms with Crippen LogP contribution in [0.1, 0.15) is 30.4 Å². The number of aryl methyl sites for hydroxylation is 1. The van der Waals surface area contributed by atoms with E-state index in [9.17, 15) is 26.4 Å². The molecule has 0 amide bonds. The van der Waals surface area contributed by atoms with Crippen LogP contribution in [0.15, 0.2) is 65.6 Å². The van der Waals surface area contributed by atoms with Crippen LogP contribution in [0.5, 0.6) is 5.75 Å². The molecule has 0 saturated carbocycles. The standard InChI is InChI=1S/C29H31F3N2O5S/c1-19-13-22(16-24(14-19)38-2)21-7-8-27(34-11-9-20(10-12-34)15-28(35)39-3)26(17-21)33-40(36,37)25-6-4-5-23(18-25)29(30,31)32/h4-8,13-14,16-18,20,33H,9-12,15H2,1-3H3. The Kier molecular flexibility index (Phi) is 8.62. The number of alkyl halides is 3. The molecule has 0 radical (unpaired) electrons. The number of hydrogen-bond acceptors (Lipinski definition) is 6. The zero-order valence-corrected chi connectivity index (χ0v) is 23.2. The molecule has 3 aromatic carbocycles.